The van der Waals surface area contributed by atoms with Gasteiger partial charge in [0.1, 0.15) is 23.0 Å². The highest BCUT2D eigenvalue weighted by atomic mass is 16.5. The fourth-order valence-corrected chi connectivity index (χ4v) is 7.97. The molecule has 0 N–H and O–H groups in total. The molecule has 0 atom stereocenters. The van der Waals surface area contributed by atoms with Crippen LogP contribution in [0, 0.1) is 0 Å². The Morgan fingerprint density at radius 1 is 0.500 bits per heavy atom. The van der Waals surface area contributed by atoms with Gasteiger partial charge < -0.3 is 18.4 Å². The van der Waals surface area contributed by atoms with Crippen molar-refractivity contribution in [2.24, 2.45) is 0 Å². The summed E-state index contributed by atoms with van der Waals surface area (Å²) in [5.74, 6) is 3.72. The number of fused-ring (bicyclic) bond motifs is 9. The number of nitrogens with zero attached hydrogens (tertiary/aromatic N) is 2. The van der Waals surface area contributed by atoms with Crippen LogP contribution in [0.5, 0.6) is 23.0 Å². The second kappa shape index (κ2) is 6.54. The highest BCUT2D eigenvalue weighted by molar-refractivity contribution is 6.90. The molecular weight excluding hydrogens is 490 g/mol. The van der Waals surface area contributed by atoms with Gasteiger partial charge in [-0.3, -0.25) is 0 Å². The Bertz CT molecular complexity index is 2310. The number of benzene rings is 5. The van der Waals surface area contributed by atoms with E-state index in [0.29, 0.717) is 0 Å². The van der Waals surface area contributed by atoms with Crippen molar-refractivity contribution < 1.29 is 9.47 Å². The summed E-state index contributed by atoms with van der Waals surface area (Å²) in [5.41, 5.74) is 12.1. The molecule has 0 amide bonds. The van der Waals surface area contributed by atoms with Crippen LogP contribution >= 0.6 is 0 Å². The van der Waals surface area contributed by atoms with Crippen molar-refractivity contribution in [1.82, 2.24) is 8.96 Å². The first-order valence-corrected chi connectivity index (χ1v) is 13.8. The van der Waals surface area contributed by atoms with Crippen molar-refractivity contribution in [3.05, 3.63) is 109 Å². The topological polar surface area (TPSA) is 28.3 Å². The molecule has 4 aliphatic heterocycles. The highest BCUT2D eigenvalue weighted by Crippen LogP contribution is 2.46. The Hall–Kier alpha value is -5.09. The highest BCUT2D eigenvalue weighted by Gasteiger charge is 2.46. The lowest BCUT2D eigenvalue weighted by molar-refractivity contribution is 0.476. The lowest BCUT2D eigenvalue weighted by Crippen LogP contribution is -2.58. The minimum absolute atomic E-state index is 0.00367. The molecule has 0 saturated heterocycles. The molecule has 11 rings (SSSR count). The zero-order valence-corrected chi connectivity index (χ0v) is 21.3. The van der Waals surface area contributed by atoms with E-state index in [-0.39, 0.29) is 13.7 Å². The SMILES string of the molecule is c1ccc2c(c1)Oc1cc3c(c4c1B2n1ccc2cccc-4c21)Oc1cccc2c1B3n1ccc3cccc-2c31. The summed E-state index contributed by atoms with van der Waals surface area (Å²) in [6, 6.07) is 34.9. The molecule has 6 heterocycles. The fourth-order valence-electron chi connectivity index (χ4n) is 7.97. The van der Waals surface area contributed by atoms with Crippen molar-refractivity contribution in [3.63, 3.8) is 0 Å². The van der Waals surface area contributed by atoms with E-state index >= 15 is 0 Å². The molecule has 182 valence electrons. The molecular formula is C34H18B2N2O2. The van der Waals surface area contributed by atoms with E-state index < -0.39 is 0 Å². The second-order valence-electron chi connectivity index (χ2n) is 11.3. The van der Waals surface area contributed by atoms with Crippen LogP contribution in [-0.2, 0) is 0 Å². The average molecular weight is 508 g/mol. The maximum Gasteiger partial charge on any atom is 0.336 e. The van der Waals surface area contributed by atoms with E-state index in [9.17, 15) is 0 Å². The molecule has 5 aromatic carbocycles. The minimum atomic E-state index is -0.00367. The van der Waals surface area contributed by atoms with E-state index in [2.05, 4.69) is 118 Å². The number of ether oxygens (including phenoxy) is 2. The first-order valence-electron chi connectivity index (χ1n) is 13.8. The summed E-state index contributed by atoms with van der Waals surface area (Å²) in [7, 11) is 0. The smallest absolute Gasteiger partial charge is 0.336 e. The van der Waals surface area contributed by atoms with Gasteiger partial charge in [0.15, 0.2) is 0 Å². The van der Waals surface area contributed by atoms with Crippen LogP contribution < -0.4 is 31.3 Å². The van der Waals surface area contributed by atoms with Gasteiger partial charge in [0, 0.05) is 38.6 Å². The van der Waals surface area contributed by atoms with Crippen LogP contribution in [0.4, 0.5) is 0 Å². The summed E-state index contributed by atoms with van der Waals surface area (Å²) in [6.07, 6.45) is 4.47. The molecule has 0 radical (unpaired) electrons. The van der Waals surface area contributed by atoms with E-state index in [0.717, 1.165) is 34.0 Å². The third kappa shape index (κ3) is 2.11. The van der Waals surface area contributed by atoms with Gasteiger partial charge in [-0.15, -0.1) is 0 Å². The van der Waals surface area contributed by atoms with E-state index in [1.54, 1.807) is 0 Å². The summed E-state index contributed by atoms with van der Waals surface area (Å²) in [4.78, 5) is 0. The Morgan fingerprint density at radius 3 is 2.02 bits per heavy atom. The second-order valence-corrected chi connectivity index (χ2v) is 11.3. The number of hydrogen-bond donors (Lipinski definition) is 0. The number of aromatic nitrogens is 2. The molecule has 4 aliphatic rings. The third-order valence-corrected chi connectivity index (χ3v) is 9.46. The molecule has 0 spiro atoms. The molecule has 6 heteroatoms. The Morgan fingerprint density at radius 2 is 1.18 bits per heavy atom. The zero-order valence-electron chi connectivity index (χ0n) is 21.3. The van der Waals surface area contributed by atoms with Crippen molar-refractivity contribution in [3.8, 4) is 45.3 Å². The first kappa shape index (κ1) is 19.9. The Balaban J connectivity index is 1.31. The number of para-hydroxylation sites is 3. The van der Waals surface area contributed by atoms with Crippen LogP contribution in [0.2, 0.25) is 0 Å². The van der Waals surface area contributed by atoms with Gasteiger partial charge in [-0.2, -0.15) is 0 Å². The van der Waals surface area contributed by atoms with Crippen LogP contribution in [0.1, 0.15) is 0 Å². The summed E-state index contributed by atoms with van der Waals surface area (Å²) < 4.78 is 18.6. The maximum atomic E-state index is 7.01. The molecule has 2 aromatic heterocycles. The predicted molar refractivity (Wildman–Crippen MR) is 162 cm³/mol. The fraction of sp³-hybridized carbons (Fsp3) is 0. The van der Waals surface area contributed by atoms with Crippen molar-refractivity contribution in [1.29, 1.82) is 0 Å². The number of rotatable bonds is 0. The molecule has 0 fully saturated rings. The summed E-state index contributed by atoms with van der Waals surface area (Å²) in [6.45, 7) is 0.0189. The van der Waals surface area contributed by atoms with E-state index in [4.69, 9.17) is 9.47 Å². The summed E-state index contributed by atoms with van der Waals surface area (Å²) in [5, 5.41) is 2.50. The van der Waals surface area contributed by atoms with Crippen molar-refractivity contribution in [2.75, 3.05) is 0 Å². The predicted octanol–water partition coefficient (Wildman–Crippen LogP) is 5.08. The lowest BCUT2D eigenvalue weighted by Gasteiger charge is -2.38. The molecule has 0 saturated carbocycles. The molecule has 40 heavy (non-hydrogen) atoms. The maximum absolute atomic E-state index is 7.01. The van der Waals surface area contributed by atoms with Crippen LogP contribution in [0.15, 0.2) is 109 Å². The largest absolute Gasteiger partial charge is 0.458 e. The average Bonchev–Trinajstić information content (AvgIpc) is 3.63. The standard InChI is InChI=1S/C34H18B2N2O2/c1-2-12-26-24(11-1)35-31-28(39-26)18-25-34(29(31)23-10-4-7-20-15-17-38(35)33(20)23)40-27-13-5-8-21-22-9-3-6-19-14-16-37(32(19)22)36(25)30(21)27/h1-18H. The van der Waals surface area contributed by atoms with Crippen LogP contribution in [-0.4, -0.2) is 22.7 Å². The molecule has 0 bridgehead atoms. The van der Waals surface area contributed by atoms with Gasteiger partial charge in [0.2, 0.25) is 0 Å². The molecule has 0 aliphatic carbocycles. The minimum Gasteiger partial charge on any atom is -0.458 e. The monoisotopic (exact) mass is 508 g/mol. The van der Waals surface area contributed by atoms with Crippen molar-refractivity contribution in [2.45, 2.75) is 0 Å². The normalized spacial score (nSPS) is 14.3. The van der Waals surface area contributed by atoms with Gasteiger partial charge in [0.25, 0.3) is 0 Å². The van der Waals surface area contributed by atoms with Gasteiger partial charge in [-0.05, 0) is 70.0 Å². The molecule has 0 unspecified atom stereocenters. The first-order chi connectivity index (χ1) is 19.8. The third-order valence-electron chi connectivity index (χ3n) is 9.46. The Labute approximate surface area is 230 Å². The van der Waals surface area contributed by atoms with Crippen LogP contribution in [0.3, 0.4) is 0 Å². The Kier molecular flexibility index (Phi) is 3.26. The van der Waals surface area contributed by atoms with E-state index in [1.807, 2.05) is 0 Å². The zero-order chi connectivity index (χ0) is 25.7. The quantitative estimate of drug-likeness (QED) is 0.268. The van der Waals surface area contributed by atoms with E-state index in [1.165, 1.54) is 54.9 Å². The van der Waals surface area contributed by atoms with Gasteiger partial charge >= 0.3 is 13.7 Å². The van der Waals surface area contributed by atoms with Crippen LogP contribution in [0.25, 0.3) is 44.1 Å². The summed E-state index contributed by atoms with van der Waals surface area (Å²) >= 11 is 0. The molecule has 7 aromatic rings. The number of hydrogen-bond acceptors (Lipinski definition) is 2. The van der Waals surface area contributed by atoms with Gasteiger partial charge in [0.05, 0.1) is 0 Å². The van der Waals surface area contributed by atoms with Crippen molar-refractivity contribution >= 4 is 57.4 Å². The van der Waals surface area contributed by atoms with Gasteiger partial charge in [-0.1, -0.05) is 66.7 Å². The van der Waals surface area contributed by atoms with Gasteiger partial charge in [-0.25, -0.2) is 0 Å². The molecule has 4 nitrogen and oxygen atoms in total. The lowest BCUT2D eigenvalue weighted by atomic mass is 9.42.